The van der Waals surface area contributed by atoms with Crippen molar-refractivity contribution in [3.8, 4) is 0 Å². The van der Waals surface area contributed by atoms with E-state index in [2.05, 4.69) is 40.2 Å². The number of rotatable bonds is 5. The number of anilines is 1. The van der Waals surface area contributed by atoms with E-state index in [1.807, 2.05) is 25.3 Å². The van der Waals surface area contributed by atoms with E-state index in [9.17, 15) is 8.42 Å². The van der Waals surface area contributed by atoms with Gasteiger partial charge in [-0.15, -0.1) is 0 Å². The molecule has 0 saturated carbocycles. The maximum Gasteiger partial charge on any atom is 0.214 e. The van der Waals surface area contributed by atoms with E-state index >= 15 is 0 Å². The van der Waals surface area contributed by atoms with Gasteiger partial charge in [0.1, 0.15) is 0 Å². The Bertz CT molecular complexity index is 885. The van der Waals surface area contributed by atoms with Crippen LogP contribution < -0.4 is 4.90 Å². The van der Waals surface area contributed by atoms with Crippen molar-refractivity contribution >= 4 is 15.7 Å². The summed E-state index contributed by atoms with van der Waals surface area (Å²) in [6.07, 6.45) is 3.32. The van der Waals surface area contributed by atoms with Crippen LogP contribution in [0.5, 0.6) is 0 Å². The highest BCUT2D eigenvalue weighted by Crippen LogP contribution is 2.46. The van der Waals surface area contributed by atoms with Crippen molar-refractivity contribution in [1.29, 1.82) is 0 Å². The molecule has 1 fully saturated rings. The van der Waals surface area contributed by atoms with E-state index in [0.29, 0.717) is 19.5 Å². The summed E-state index contributed by atoms with van der Waals surface area (Å²) in [4.78, 5) is 7.04. The quantitative estimate of drug-likeness (QED) is 0.811. The molecule has 2 aliphatic heterocycles. The highest BCUT2D eigenvalue weighted by Gasteiger charge is 2.50. The molecule has 1 aromatic carbocycles. The number of hydrogen-bond donors (Lipinski definition) is 0. The fourth-order valence-corrected chi connectivity index (χ4v) is 5.90. The van der Waals surface area contributed by atoms with Gasteiger partial charge >= 0.3 is 0 Å². The van der Waals surface area contributed by atoms with Crippen LogP contribution in [-0.4, -0.2) is 43.1 Å². The molecule has 1 atom stereocenters. The summed E-state index contributed by atoms with van der Waals surface area (Å²) in [5.74, 6) is 0.228. The van der Waals surface area contributed by atoms with Gasteiger partial charge in [-0.25, -0.2) is 12.7 Å². The van der Waals surface area contributed by atoms with Crippen molar-refractivity contribution in [2.75, 3.05) is 30.3 Å². The van der Waals surface area contributed by atoms with Gasteiger partial charge in [0, 0.05) is 37.8 Å². The van der Waals surface area contributed by atoms with E-state index in [4.69, 9.17) is 0 Å². The smallest absolute Gasteiger partial charge is 0.214 e. The number of pyridine rings is 1. The van der Waals surface area contributed by atoms with Crippen molar-refractivity contribution in [2.24, 2.45) is 0 Å². The molecule has 1 unspecified atom stereocenters. The van der Waals surface area contributed by atoms with Gasteiger partial charge in [-0.05, 0) is 30.5 Å². The maximum absolute atomic E-state index is 12.5. The lowest BCUT2D eigenvalue weighted by Gasteiger charge is -2.25. The van der Waals surface area contributed by atoms with Gasteiger partial charge in [-0.1, -0.05) is 37.3 Å². The Morgan fingerprint density at radius 3 is 2.69 bits per heavy atom. The van der Waals surface area contributed by atoms with Crippen LogP contribution >= 0.6 is 0 Å². The second kappa shape index (κ2) is 6.67. The average Bonchev–Trinajstić information content (AvgIpc) is 3.20. The van der Waals surface area contributed by atoms with Gasteiger partial charge in [0.2, 0.25) is 10.0 Å². The van der Waals surface area contributed by atoms with Gasteiger partial charge in [0.05, 0.1) is 17.1 Å². The van der Waals surface area contributed by atoms with Crippen LogP contribution in [0.4, 0.5) is 5.69 Å². The summed E-state index contributed by atoms with van der Waals surface area (Å²) in [5, 5.41) is 0. The largest absolute Gasteiger partial charge is 0.365 e. The summed E-state index contributed by atoms with van der Waals surface area (Å²) in [5.41, 5.74) is 3.27. The van der Waals surface area contributed by atoms with Crippen molar-refractivity contribution in [3.05, 3.63) is 59.9 Å². The van der Waals surface area contributed by atoms with E-state index in [1.54, 1.807) is 4.31 Å². The molecule has 5 nitrogen and oxygen atoms in total. The molecule has 6 heteroatoms. The first-order valence-electron chi connectivity index (χ1n) is 9.26. The SMILES string of the molecule is CCCS(=O)(=O)N1CCC2(CN(Cc3ccccc3)c3cccnc32)C1. The van der Waals surface area contributed by atoms with Crippen molar-refractivity contribution in [1.82, 2.24) is 9.29 Å². The van der Waals surface area contributed by atoms with Gasteiger partial charge in [-0.2, -0.15) is 0 Å². The van der Waals surface area contributed by atoms with Crippen LogP contribution in [0.25, 0.3) is 0 Å². The fraction of sp³-hybridized carbons (Fsp3) is 0.450. The zero-order valence-corrected chi connectivity index (χ0v) is 16.0. The van der Waals surface area contributed by atoms with E-state index < -0.39 is 10.0 Å². The third-order valence-corrected chi connectivity index (χ3v) is 7.54. The number of aromatic nitrogens is 1. The van der Waals surface area contributed by atoms with Crippen LogP contribution in [0.3, 0.4) is 0 Å². The third-order valence-electron chi connectivity index (χ3n) is 5.51. The molecule has 1 aromatic heterocycles. The van der Waals surface area contributed by atoms with Crippen LogP contribution in [0.2, 0.25) is 0 Å². The first kappa shape index (κ1) is 17.5. The zero-order valence-electron chi connectivity index (χ0n) is 15.1. The molecule has 26 heavy (non-hydrogen) atoms. The number of benzene rings is 1. The third kappa shape index (κ3) is 3.01. The Kier molecular flexibility index (Phi) is 4.49. The predicted molar refractivity (Wildman–Crippen MR) is 104 cm³/mol. The lowest BCUT2D eigenvalue weighted by molar-refractivity contribution is 0.424. The molecule has 2 aliphatic rings. The molecule has 4 rings (SSSR count). The van der Waals surface area contributed by atoms with Crippen molar-refractivity contribution < 1.29 is 8.42 Å². The minimum absolute atomic E-state index is 0.188. The molecule has 3 heterocycles. The van der Waals surface area contributed by atoms with E-state index in [-0.39, 0.29) is 11.2 Å². The van der Waals surface area contributed by atoms with Gasteiger partial charge in [-0.3, -0.25) is 4.98 Å². The standard InChI is InChI=1S/C20H25N3O2S/c1-2-13-26(24,25)23-12-10-20(16-23)15-22(14-17-7-4-3-5-8-17)18-9-6-11-21-19(18)20/h3-9,11H,2,10,12-16H2,1H3. The highest BCUT2D eigenvalue weighted by atomic mass is 32.2. The van der Waals surface area contributed by atoms with Gasteiger partial charge in [0.15, 0.2) is 0 Å². The molecule has 0 bridgehead atoms. The molecule has 138 valence electrons. The Morgan fingerprint density at radius 1 is 1.12 bits per heavy atom. The summed E-state index contributed by atoms with van der Waals surface area (Å²) in [6, 6.07) is 14.5. The van der Waals surface area contributed by atoms with E-state index in [1.165, 1.54) is 5.56 Å². The van der Waals surface area contributed by atoms with Crippen molar-refractivity contribution in [2.45, 2.75) is 31.7 Å². The summed E-state index contributed by atoms with van der Waals surface area (Å²) < 4.78 is 26.8. The van der Waals surface area contributed by atoms with Gasteiger partial charge < -0.3 is 4.90 Å². The molecular formula is C20H25N3O2S. The summed E-state index contributed by atoms with van der Waals surface area (Å²) >= 11 is 0. The zero-order chi connectivity index (χ0) is 18.2. The minimum Gasteiger partial charge on any atom is -0.365 e. The molecule has 0 aliphatic carbocycles. The van der Waals surface area contributed by atoms with E-state index in [0.717, 1.165) is 30.9 Å². The Balaban J connectivity index is 1.63. The Morgan fingerprint density at radius 2 is 1.92 bits per heavy atom. The summed E-state index contributed by atoms with van der Waals surface area (Å²) in [7, 11) is -3.17. The Labute approximate surface area is 155 Å². The fourth-order valence-electron chi connectivity index (χ4n) is 4.31. The van der Waals surface area contributed by atoms with Crippen molar-refractivity contribution in [3.63, 3.8) is 0 Å². The predicted octanol–water partition coefficient (Wildman–Crippen LogP) is 2.79. The number of hydrogen-bond acceptors (Lipinski definition) is 4. The second-order valence-corrected chi connectivity index (χ2v) is 9.48. The monoisotopic (exact) mass is 371 g/mol. The molecular weight excluding hydrogens is 346 g/mol. The second-order valence-electron chi connectivity index (χ2n) is 7.39. The number of sulfonamides is 1. The summed E-state index contributed by atoms with van der Waals surface area (Å²) in [6.45, 7) is 4.70. The molecule has 2 aromatic rings. The number of fused-ring (bicyclic) bond motifs is 2. The lowest BCUT2D eigenvalue weighted by Crippen LogP contribution is -2.39. The molecule has 0 radical (unpaired) electrons. The van der Waals surface area contributed by atoms with Crippen LogP contribution in [0.15, 0.2) is 48.7 Å². The average molecular weight is 372 g/mol. The Hall–Kier alpha value is -1.92. The van der Waals surface area contributed by atoms with Crippen LogP contribution in [0.1, 0.15) is 31.0 Å². The van der Waals surface area contributed by atoms with Crippen LogP contribution in [-0.2, 0) is 22.0 Å². The first-order valence-corrected chi connectivity index (χ1v) is 10.9. The molecule has 0 N–H and O–H groups in total. The maximum atomic E-state index is 12.5. The minimum atomic E-state index is -3.17. The first-order chi connectivity index (χ1) is 12.5. The molecule has 1 spiro atoms. The topological polar surface area (TPSA) is 53.5 Å². The molecule has 1 saturated heterocycles. The van der Waals surface area contributed by atoms with Gasteiger partial charge in [0.25, 0.3) is 0 Å². The normalized spacial score (nSPS) is 22.9. The van der Waals surface area contributed by atoms with Crippen LogP contribution in [0, 0.1) is 0 Å². The lowest BCUT2D eigenvalue weighted by atomic mass is 9.85. The number of nitrogens with zero attached hydrogens (tertiary/aromatic N) is 3. The molecule has 0 amide bonds. The highest BCUT2D eigenvalue weighted by molar-refractivity contribution is 7.89.